The van der Waals surface area contributed by atoms with Gasteiger partial charge in [0.2, 0.25) is 5.91 Å². The zero-order chi connectivity index (χ0) is 54.6. The molecule has 4 aliphatic heterocycles. The lowest BCUT2D eigenvalue weighted by Crippen LogP contribution is -2.46. The summed E-state index contributed by atoms with van der Waals surface area (Å²) in [4.78, 5) is 12.3. The van der Waals surface area contributed by atoms with Crippen molar-refractivity contribution in [3.05, 3.63) is 127 Å². The summed E-state index contributed by atoms with van der Waals surface area (Å²) in [5.41, 5.74) is 12.9. The molecular formula is C56H71BrF4N12OS. The molecule has 13 nitrogen and oxygen atoms in total. The molecule has 4 aromatic carbocycles. The van der Waals surface area contributed by atoms with Crippen LogP contribution < -0.4 is 26.7 Å². The zero-order valence-electron chi connectivity index (χ0n) is 44.9. The van der Waals surface area contributed by atoms with E-state index in [0.717, 1.165) is 121 Å². The van der Waals surface area contributed by atoms with E-state index in [9.17, 15) is 22.4 Å². The molecule has 0 radical (unpaired) electrons. The first-order valence-electron chi connectivity index (χ1n) is 24.8. The van der Waals surface area contributed by atoms with Gasteiger partial charge in [-0.1, -0.05) is 40.4 Å². The Hall–Kier alpha value is -6.21. The van der Waals surface area contributed by atoms with E-state index in [4.69, 9.17) is 12.2 Å². The highest BCUT2D eigenvalue weighted by Gasteiger charge is 2.38. The number of carbonyl (C=O) groups is 1. The summed E-state index contributed by atoms with van der Waals surface area (Å²) in [7, 11) is 0. The number of hydrazone groups is 1. The smallest absolute Gasteiger partial charge is 0.239 e. The highest BCUT2D eigenvalue weighted by atomic mass is 79.9. The first-order valence-corrected chi connectivity index (χ1v) is 26.0. The first-order chi connectivity index (χ1) is 34.5. The Morgan fingerprint density at radius 1 is 0.627 bits per heavy atom. The summed E-state index contributed by atoms with van der Waals surface area (Å²) in [6.45, 7) is 29.5. The molecule has 0 unspecified atom stereocenters. The Labute approximate surface area is 452 Å². The standard InChI is InChI=1S/C15H20FN3O.C14H16BrFN4.C14H17FN4.C12H14FNS.CH4/c1-5-14(20)19-18-13-8-11-9(2)6-10(16)7-12(11)17-15(13,3)4;1-5-10-18-19-13-14(3,4)17-9-6-8(16)11(15)7(2)12(9)20(10)13;1-5-11-17-18-13-14(3,4)16-10-7-9(15)6-8(2)12(10)19(11)13;1-7-4-8(13)5-10-9(7)6-11(15)12(2,3)14-10;/h6-7,17H,5,8H2,1-4H3,(H,19,20);6,17H,5H2,1-4H3;6-7,16H,5H2,1-4H3;4-5,14H,6H2,1-3H3;1H4/b18-13-;;;;. The molecule has 0 saturated carbocycles. The molecular weight excluding hydrogens is 1040 g/mol. The lowest BCUT2D eigenvalue weighted by molar-refractivity contribution is -0.120. The monoisotopic (exact) mass is 1110 g/mol. The van der Waals surface area contributed by atoms with Gasteiger partial charge < -0.3 is 21.3 Å². The molecule has 2 aromatic heterocycles. The van der Waals surface area contributed by atoms with Gasteiger partial charge >= 0.3 is 0 Å². The van der Waals surface area contributed by atoms with E-state index in [1.807, 2.05) is 101 Å². The fourth-order valence-electron chi connectivity index (χ4n) is 9.62. The maximum absolute atomic E-state index is 14.0. The summed E-state index contributed by atoms with van der Waals surface area (Å²) in [6, 6.07) is 10.7. The molecule has 6 heterocycles. The van der Waals surface area contributed by atoms with Crippen LogP contribution in [0.25, 0.3) is 11.4 Å². The highest BCUT2D eigenvalue weighted by molar-refractivity contribution is 9.10. The highest BCUT2D eigenvalue weighted by Crippen LogP contribution is 2.42. The number of fused-ring (bicyclic) bond motifs is 8. The van der Waals surface area contributed by atoms with Crippen molar-refractivity contribution < 1.29 is 22.4 Å². The molecule has 75 heavy (non-hydrogen) atoms. The van der Waals surface area contributed by atoms with Gasteiger partial charge in [-0.2, -0.15) is 5.10 Å². The molecule has 1 amide bonds. The second-order valence-electron chi connectivity index (χ2n) is 21.3. The normalized spacial score (nSPS) is 16.6. The van der Waals surface area contributed by atoms with Crippen LogP contribution in [0.15, 0.2) is 52.0 Å². The molecule has 4 aliphatic rings. The Morgan fingerprint density at radius 3 is 1.55 bits per heavy atom. The maximum Gasteiger partial charge on any atom is 0.239 e. The third-order valence-corrected chi connectivity index (χ3v) is 15.4. The van der Waals surface area contributed by atoms with Gasteiger partial charge in [-0.15, -0.1) is 20.4 Å². The number of thiocarbonyl (C=S) groups is 1. The second-order valence-corrected chi connectivity index (χ2v) is 22.6. The number of nitrogens with zero attached hydrogens (tertiary/aromatic N) is 7. The van der Waals surface area contributed by atoms with Crippen molar-refractivity contribution in [2.24, 2.45) is 5.10 Å². The van der Waals surface area contributed by atoms with E-state index < -0.39 is 5.54 Å². The van der Waals surface area contributed by atoms with Crippen molar-refractivity contribution in [2.75, 3.05) is 21.3 Å². The number of nitrogens with one attached hydrogen (secondary N) is 5. The van der Waals surface area contributed by atoms with Crippen LogP contribution in [0, 0.1) is 51.0 Å². The third kappa shape index (κ3) is 11.6. The number of hydrogen-bond donors (Lipinski definition) is 5. The summed E-state index contributed by atoms with van der Waals surface area (Å²) < 4.78 is 58.9. The number of halogens is 5. The number of aromatic nitrogens is 6. The van der Waals surface area contributed by atoms with Crippen LogP contribution in [0.1, 0.15) is 147 Å². The number of amides is 1. The van der Waals surface area contributed by atoms with Crippen LogP contribution in [0.2, 0.25) is 0 Å². The zero-order valence-corrected chi connectivity index (χ0v) is 47.3. The van der Waals surface area contributed by atoms with Crippen LogP contribution in [0.5, 0.6) is 0 Å². The predicted octanol–water partition coefficient (Wildman–Crippen LogP) is 13.3. The van der Waals surface area contributed by atoms with Gasteiger partial charge in [-0.3, -0.25) is 13.9 Å². The van der Waals surface area contributed by atoms with E-state index in [1.165, 1.54) is 24.3 Å². The summed E-state index contributed by atoms with van der Waals surface area (Å²) >= 11 is 8.67. The van der Waals surface area contributed by atoms with Crippen LogP contribution in [0.3, 0.4) is 0 Å². The van der Waals surface area contributed by atoms with Crippen molar-refractivity contribution in [3.63, 3.8) is 0 Å². The fourth-order valence-corrected chi connectivity index (χ4v) is 10.1. The van der Waals surface area contributed by atoms with Crippen molar-refractivity contribution in [3.8, 4) is 11.4 Å². The predicted molar refractivity (Wildman–Crippen MR) is 302 cm³/mol. The Morgan fingerprint density at radius 2 is 1.05 bits per heavy atom. The molecule has 19 heteroatoms. The lowest BCUT2D eigenvalue weighted by Gasteiger charge is -2.35. The van der Waals surface area contributed by atoms with Crippen molar-refractivity contribution in [2.45, 2.75) is 166 Å². The molecule has 402 valence electrons. The van der Waals surface area contributed by atoms with Gasteiger partial charge in [0.15, 0.2) is 11.6 Å². The Bertz CT molecular complexity index is 3230. The van der Waals surface area contributed by atoms with Crippen molar-refractivity contribution in [1.29, 1.82) is 0 Å². The van der Waals surface area contributed by atoms with Crippen LogP contribution >= 0.6 is 28.1 Å². The summed E-state index contributed by atoms with van der Waals surface area (Å²) in [5, 5.41) is 34.6. The van der Waals surface area contributed by atoms with E-state index >= 15 is 0 Å². The van der Waals surface area contributed by atoms with Crippen LogP contribution in [0.4, 0.5) is 40.3 Å². The number of anilines is 4. The molecule has 10 rings (SSSR count). The van der Waals surface area contributed by atoms with E-state index in [0.29, 0.717) is 17.3 Å². The minimum Gasteiger partial charge on any atom is -0.375 e. The van der Waals surface area contributed by atoms with E-state index in [2.05, 4.69) is 72.7 Å². The lowest BCUT2D eigenvalue weighted by atomic mass is 9.85. The van der Waals surface area contributed by atoms with Gasteiger partial charge in [0, 0.05) is 54.4 Å². The van der Waals surface area contributed by atoms with E-state index in [1.54, 1.807) is 25.1 Å². The van der Waals surface area contributed by atoms with Gasteiger partial charge in [0.25, 0.3) is 0 Å². The maximum atomic E-state index is 14.0. The minimum absolute atomic E-state index is 0. The Balaban J connectivity index is 0.000000163. The van der Waals surface area contributed by atoms with Crippen molar-refractivity contribution >= 4 is 67.4 Å². The number of benzene rings is 4. The number of carbonyl (C=O) groups excluding carboxylic acids is 1. The minimum atomic E-state index is -0.422. The molecule has 5 N–H and O–H groups in total. The van der Waals surface area contributed by atoms with Gasteiger partial charge in [-0.05, 0) is 169 Å². The van der Waals surface area contributed by atoms with Crippen LogP contribution in [-0.2, 0) is 41.6 Å². The van der Waals surface area contributed by atoms with Gasteiger partial charge in [0.1, 0.15) is 34.9 Å². The Kier molecular flexibility index (Phi) is 16.9. The topological polar surface area (TPSA) is 151 Å². The first kappa shape index (κ1) is 58.1. The fraction of sp³-hybridized carbons (Fsp3) is 0.446. The number of hydrogen-bond acceptors (Lipinski definition) is 11. The molecule has 0 atom stereocenters. The second kappa shape index (κ2) is 21.8. The molecule has 0 saturated heterocycles. The number of rotatable bonds is 4. The molecule has 0 aliphatic carbocycles. The third-order valence-electron chi connectivity index (χ3n) is 13.7. The van der Waals surface area contributed by atoms with Gasteiger partial charge in [-0.25, -0.2) is 23.0 Å². The quantitative estimate of drug-likeness (QED) is 0.0656. The molecule has 0 bridgehead atoms. The SMILES string of the molecule is C.CCC(=O)N/N=C1/Cc2c(C)cc(F)cc2NC1(C)C.CCc1nnc2n1-c1c(C)cc(F)cc1NC2(C)C.CCc1nnc2n1-c1c(cc(F)c(Br)c1C)NC2(C)C.Cc1cc(F)cc2c1CC(=S)C(C)(C)N2. The van der Waals surface area contributed by atoms with Gasteiger partial charge in [0.05, 0.1) is 55.1 Å². The number of aryl methyl sites for hydroxylation is 5. The van der Waals surface area contributed by atoms with Crippen molar-refractivity contribution in [1.82, 2.24) is 35.0 Å². The van der Waals surface area contributed by atoms with E-state index in [-0.39, 0.29) is 53.2 Å². The largest absolute Gasteiger partial charge is 0.375 e. The van der Waals surface area contributed by atoms with Crippen LogP contribution in [-0.4, -0.2) is 57.1 Å². The molecule has 6 aromatic rings. The average molecular weight is 1120 g/mol. The molecule has 0 fully saturated rings. The molecule has 0 spiro atoms. The summed E-state index contributed by atoms with van der Waals surface area (Å²) in [5.74, 6) is 2.46. The average Bonchev–Trinajstić information content (AvgIpc) is 3.94. The summed E-state index contributed by atoms with van der Waals surface area (Å²) in [6.07, 6.45) is 3.32.